The van der Waals surface area contributed by atoms with Crippen LogP contribution in [0.15, 0.2) is 30.5 Å². The molecule has 4 nitrogen and oxygen atoms in total. The monoisotopic (exact) mass is 504 g/mol. The van der Waals surface area contributed by atoms with Crippen LogP contribution in [0.5, 0.6) is 0 Å². The zero-order valence-electron chi connectivity index (χ0n) is 21.0. The van der Waals surface area contributed by atoms with Gasteiger partial charge in [0.1, 0.15) is 10.7 Å². The summed E-state index contributed by atoms with van der Waals surface area (Å²) in [6.07, 6.45) is 7.08. The van der Waals surface area contributed by atoms with Crippen molar-refractivity contribution in [1.29, 1.82) is 0 Å². The lowest BCUT2D eigenvalue weighted by atomic mass is 9.97. The smallest absolute Gasteiger partial charge is 0.324 e. The summed E-state index contributed by atoms with van der Waals surface area (Å²) in [5, 5.41) is 3.72. The molecule has 0 spiro atoms. The van der Waals surface area contributed by atoms with E-state index in [1.54, 1.807) is 36.6 Å². The SMILES string of the molecule is CCCCCC(C)CCCCc1sc(-c2ccnc(Nc3cc(C)cc(C(F)(F)F)c3)n2)nc1C. The lowest BCUT2D eigenvalue weighted by molar-refractivity contribution is -0.137. The number of rotatable bonds is 12. The predicted molar refractivity (Wildman–Crippen MR) is 138 cm³/mol. The highest BCUT2D eigenvalue weighted by molar-refractivity contribution is 7.15. The van der Waals surface area contributed by atoms with Crippen LogP contribution in [0.4, 0.5) is 24.8 Å². The number of thiazole rings is 1. The van der Waals surface area contributed by atoms with Gasteiger partial charge in [-0.3, -0.25) is 0 Å². The topological polar surface area (TPSA) is 50.7 Å². The van der Waals surface area contributed by atoms with Crippen LogP contribution in [0, 0.1) is 19.8 Å². The first kappa shape index (κ1) is 27.1. The summed E-state index contributed by atoms with van der Waals surface area (Å²) >= 11 is 1.63. The van der Waals surface area contributed by atoms with Crippen LogP contribution < -0.4 is 5.32 Å². The number of hydrogen-bond donors (Lipinski definition) is 1. The molecule has 0 saturated heterocycles. The highest BCUT2D eigenvalue weighted by atomic mass is 32.1. The number of aryl methyl sites for hydroxylation is 3. The Kier molecular flexibility index (Phi) is 9.66. The second-order valence-electron chi connectivity index (χ2n) is 9.35. The fourth-order valence-corrected chi connectivity index (χ4v) is 5.20. The highest BCUT2D eigenvalue weighted by Gasteiger charge is 2.31. The molecule has 35 heavy (non-hydrogen) atoms. The molecule has 0 aliphatic rings. The van der Waals surface area contributed by atoms with Gasteiger partial charge >= 0.3 is 6.18 Å². The van der Waals surface area contributed by atoms with E-state index in [4.69, 9.17) is 4.98 Å². The summed E-state index contributed by atoms with van der Waals surface area (Å²) in [5.41, 5.74) is 1.79. The fourth-order valence-electron chi connectivity index (χ4n) is 4.12. The number of alkyl halides is 3. The number of hydrogen-bond acceptors (Lipinski definition) is 5. The van der Waals surface area contributed by atoms with Crippen molar-refractivity contribution in [2.75, 3.05) is 5.32 Å². The Labute approximate surface area is 210 Å². The van der Waals surface area contributed by atoms with Gasteiger partial charge in [-0.2, -0.15) is 13.2 Å². The minimum Gasteiger partial charge on any atom is -0.324 e. The minimum atomic E-state index is -4.41. The summed E-state index contributed by atoms with van der Waals surface area (Å²) in [4.78, 5) is 14.7. The van der Waals surface area contributed by atoms with E-state index >= 15 is 0 Å². The van der Waals surface area contributed by atoms with Gasteiger partial charge in [0.15, 0.2) is 0 Å². The Morgan fingerprint density at radius 1 is 1.00 bits per heavy atom. The second kappa shape index (κ2) is 12.5. The van der Waals surface area contributed by atoms with Crippen molar-refractivity contribution >= 4 is 23.0 Å². The molecule has 0 fully saturated rings. The van der Waals surface area contributed by atoms with Gasteiger partial charge in [0.25, 0.3) is 0 Å². The molecular formula is C27H35F3N4S. The van der Waals surface area contributed by atoms with Gasteiger partial charge in [0, 0.05) is 16.8 Å². The number of halogens is 3. The zero-order valence-corrected chi connectivity index (χ0v) is 21.8. The third-order valence-electron chi connectivity index (χ3n) is 6.08. The lowest BCUT2D eigenvalue weighted by Crippen LogP contribution is -2.06. The second-order valence-corrected chi connectivity index (χ2v) is 10.4. The van der Waals surface area contributed by atoms with Crippen LogP contribution in [-0.2, 0) is 12.6 Å². The first-order valence-corrected chi connectivity index (χ1v) is 13.2. The molecule has 0 aliphatic heterocycles. The van der Waals surface area contributed by atoms with Gasteiger partial charge in [-0.15, -0.1) is 11.3 Å². The van der Waals surface area contributed by atoms with Crippen molar-refractivity contribution in [3.8, 4) is 10.7 Å². The van der Waals surface area contributed by atoms with Gasteiger partial charge in [0.2, 0.25) is 5.95 Å². The molecule has 1 atom stereocenters. The summed E-state index contributed by atoms with van der Waals surface area (Å²) in [7, 11) is 0. The van der Waals surface area contributed by atoms with E-state index < -0.39 is 11.7 Å². The van der Waals surface area contributed by atoms with Gasteiger partial charge in [-0.05, 0) is 62.4 Å². The average Bonchev–Trinajstić information content (AvgIpc) is 3.16. The maximum atomic E-state index is 13.2. The largest absolute Gasteiger partial charge is 0.416 e. The fraction of sp³-hybridized carbons (Fsp3) is 0.519. The highest BCUT2D eigenvalue weighted by Crippen LogP contribution is 2.33. The molecule has 1 N–H and O–H groups in total. The molecule has 2 aromatic heterocycles. The maximum Gasteiger partial charge on any atom is 0.416 e. The normalized spacial score (nSPS) is 12.7. The maximum absolute atomic E-state index is 13.2. The Morgan fingerprint density at radius 2 is 1.74 bits per heavy atom. The van der Waals surface area contributed by atoms with Crippen molar-refractivity contribution in [1.82, 2.24) is 15.0 Å². The first-order valence-electron chi connectivity index (χ1n) is 12.4. The number of nitrogens with one attached hydrogen (secondary N) is 1. The minimum absolute atomic E-state index is 0.243. The summed E-state index contributed by atoms with van der Waals surface area (Å²) in [5.74, 6) is 1.03. The zero-order chi connectivity index (χ0) is 25.4. The van der Waals surface area contributed by atoms with Gasteiger partial charge in [-0.1, -0.05) is 52.4 Å². The van der Waals surface area contributed by atoms with E-state index in [1.165, 1.54) is 43.4 Å². The third kappa shape index (κ3) is 8.30. The Balaban J connectivity index is 1.62. The Morgan fingerprint density at radius 3 is 2.46 bits per heavy atom. The third-order valence-corrected chi connectivity index (χ3v) is 7.32. The number of aromatic nitrogens is 3. The van der Waals surface area contributed by atoms with E-state index in [9.17, 15) is 13.2 Å². The quantitative estimate of drug-likeness (QED) is 0.250. The summed E-state index contributed by atoms with van der Waals surface area (Å²) in [6.45, 7) is 8.25. The summed E-state index contributed by atoms with van der Waals surface area (Å²) in [6, 6.07) is 5.61. The van der Waals surface area contributed by atoms with Crippen LogP contribution >= 0.6 is 11.3 Å². The van der Waals surface area contributed by atoms with Gasteiger partial charge in [-0.25, -0.2) is 15.0 Å². The average molecular weight is 505 g/mol. The van der Waals surface area contributed by atoms with Crippen LogP contribution in [0.25, 0.3) is 10.7 Å². The molecule has 0 bridgehead atoms. The molecule has 0 aliphatic carbocycles. The van der Waals surface area contributed by atoms with E-state index in [0.717, 1.165) is 41.6 Å². The molecule has 8 heteroatoms. The molecule has 190 valence electrons. The van der Waals surface area contributed by atoms with Crippen molar-refractivity contribution in [2.24, 2.45) is 5.92 Å². The standard InChI is InChI=1S/C27H35F3N4S/c1-5-6-7-10-18(2)11-8-9-12-24-20(4)32-25(35-24)23-13-14-31-26(34-23)33-22-16-19(3)15-21(17-22)27(28,29)30/h13-18H,5-12H2,1-4H3,(H,31,33,34). The number of unbranched alkanes of at least 4 members (excludes halogenated alkanes) is 3. The molecular weight excluding hydrogens is 469 g/mol. The molecule has 2 heterocycles. The molecule has 0 saturated carbocycles. The first-order chi connectivity index (χ1) is 16.7. The van der Waals surface area contributed by atoms with E-state index in [0.29, 0.717) is 16.9 Å². The Hall–Kier alpha value is -2.48. The van der Waals surface area contributed by atoms with Crippen molar-refractivity contribution in [3.05, 3.63) is 52.2 Å². The predicted octanol–water partition coefficient (Wildman–Crippen LogP) is 8.91. The molecule has 3 rings (SSSR count). The number of anilines is 2. The van der Waals surface area contributed by atoms with Gasteiger partial charge in [0.05, 0.1) is 11.3 Å². The molecule has 1 unspecified atom stereocenters. The van der Waals surface area contributed by atoms with Crippen LogP contribution in [0.3, 0.4) is 0 Å². The van der Waals surface area contributed by atoms with E-state index in [1.807, 2.05) is 6.92 Å². The lowest BCUT2D eigenvalue weighted by Gasteiger charge is -2.11. The van der Waals surface area contributed by atoms with Gasteiger partial charge < -0.3 is 5.32 Å². The Bertz CT molecular complexity index is 1090. The number of benzene rings is 1. The molecule has 1 aromatic carbocycles. The molecule has 0 amide bonds. The number of nitrogens with zero attached hydrogens (tertiary/aromatic N) is 3. The van der Waals surface area contributed by atoms with Crippen molar-refractivity contribution < 1.29 is 13.2 Å². The van der Waals surface area contributed by atoms with E-state index in [-0.39, 0.29) is 5.95 Å². The van der Waals surface area contributed by atoms with Crippen LogP contribution in [0.2, 0.25) is 0 Å². The van der Waals surface area contributed by atoms with Crippen LogP contribution in [0.1, 0.15) is 80.5 Å². The van der Waals surface area contributed by atoms with E-state index in [2.05, 4.69) is 29.1 Å². The van der Waals surface area contributed by atoms with Crippen LogP contribution in [-0.4, -0.2) is 15.0 Å². The summed E-state index contributed by atoms with van der Waals surface area (Å²) < 4.78 is 39.5. The van der Waals surface area contributed by atoms with Crippen molar-refractivity contribution in [3.63, 3.8) is 0 Å². The molecule has 0 radical (unpaired) electrons. The molecule has 3 aromatic rings. The van der Waals surface area contributed by atoms with Crippen molar-refractivity contribution in [2.45, 2.75) is 85.2 Å².